The Labute approximate surface area is 201 Å². The van der Waals surface area contributed by atoms with Gasteiger partial charge in [-0.05, 0) is 62.4 Å². The molecule has 0 bridgehead atoms. The van der Waals surface area contributed by atoms with Crippen LogP contribution in [0.4, 0.5) is 11.4 Å². The molecule has 1 aromatic carbocycles. The van der Waals surface area contributed by atoms with Crippen molar-refractivity contribution in [1.82, 2.24) is 9.55 Å². The van der Waals surface area contributed by atoms with E-state index >= 15 is 0 Å². The van der Waals surface area contributed by atoms with E-state index < -0.39 is 0 Å². The molecule has 1 fully saturated rings. The Morgan fingerprint density at radius 2 is 1.94 bits per heavy atom. The third-order valence-corrected chi connectivity index (χ3v) is 8.38. The first-order valence-electron chi connectivity index (χ1n) is 11.5. The summed E-state index contributed by atoms with van der Waals surface area (Å²) >= 11 is 2.97. The molecule has 2 aliphatic rings. The van der Waals surface area contributed by atoms with Crippen LogP contribution in [-0.4, -0.2) is 47.5 Å². The van der Waals surface area contributed by atoms with Crippen molar-refractivity contribution in [2.75, 3.05) is 42.3 Å². The summed E-state index contributed by atoms with van der Waals surface area (Å²) in [5.41, 5.74) is 3.13. The molecule has 174 valence electrons. The van der Waals surface area contributed by atoms with Gasteiger partial charge in [-0.15, -0.1) is 11.3 Å². The number of hydrogen-bond donors (Lipinski definition) is 1. The van der Waals surface area contributed by atoms with Gasteiger partial charge in [-0.2, -0.15) is 0 Å². The second kappa shape index (κ2) is 9.87. The zero-order valence-corrected chi connectivity index (χ0v) is 20.4. The van der Waals surface area contributed by atoms with Gasteiger partial charge in [0.15, 0.2) is 5.16 Å². The summed E-state index contributed by atoms with van der Waals surface area (Å²) in [6.45, 7) is 5.74. The van der Waals surface area contributed by atoms with Gasteiger partial charge >= 0.3 is 0 Å². The summed E-state index contributed by atoms with van der Waals surface area (Å²) in [4.78, 5) is 35.0. The number of carbonyl (C=O) groups is 1. The van der Waals surface area contributed by atoms with Crippen LogP contribution in [0.1, 0.15) is 30.2 Å². The van der Waals surface area contributed by atoms with Crippen LogP contribution in [0.15, 0.2) is 34.2 Å². The third kappa shape index (κ3) is 4.67. The van der Waals surface area contributed by atoms with E-state index in [4.69, 9.17) is 9.72 Å². The third-order valence-electron chi connectivity index (χ3n) is 6.22. The highest BCUT2D eigenvalue weighted by Crippen LogP contribution is 2.34. The number of amides is 1. The molecule has 2 aromatic heterocycles. The van der Waals surface area contributed by atoms with Gasteiger partial charge in [0.2, 0.25) is 5.91 Å². The summed E-state index contributed by atoms with van der Waals surface area (Å²) < 4.78 is 7.11. The number of hydrogen-bond acceptors (Lipinski definition) is 7. The highest BCUT2D eigenvalue weighted by molar-refractivity contribution is 7.99. The fourth-order valence-corrected chi connectivity index (χ4v) is 6.68. The Hall–Kier alpha value is -2.36. The maximum atomic E-state index is 13.2. The number of benzene rings is 1. The Bertz CT molecular complexity index is 1210. The number of nitrogens with zero attached hydrogens (tertiary/aromatic N) is 3. The number of nitrogens with one attached hydrogen (secondary N) is 1. The van der Waals surface area contributed by atoms with Crippen LogP contribution < -0.4 is 15.8 Å². The van der Waals surface area contributed by atoms with E-state index in [0.717, 1.165) is 67.2 Å². The van der Waals surface area contributed by atoms with Crippen molar-refractivity contribution in [3.05, 3.63) is 45.1 Å². The molecular weight excluding hydrogens is 456 g/mol. The SMILES string of the molecule is CCn1c(SCC(=O)Nc2ccc(N3CCOCC3)cc2)nc2sc3c(c2c1=O)CCCC3. The maximum absolute atomic E-state index is 13.2. The predicted molar refractivity (Wildman–Crippen MR) is 135 cm³/mol. The molecule has 1 aliphatic carbocycles. The molecule has 0 radical (unpaired) electrons. The minimum absolute atomic E-state index is 0.0310. The van der Waals surface area contributed by atoms with Crippen LogP contribution >= 0.6 is 23.1 Å². The molecule has 9 heteroatoms. The number of aryl methyl sites for hydroxylation is 2. The predicted octanol–water partition coefficient (Wildman–Crippen LogP) is 3.92. The number of ether oxygens (including phenoxy) is 1. The number of morpholine rings is 1. The van der Waals surface area contributed by atoms with Crippen LogP contribution in [0, 0.1) is 0 Å². The molecule has 33 heavy (non-hydrogen) atoms. The molecule has 0 unspecified atom stereocenters. The molecule has 0 spiro atoms. The molecule has 1 N–H and O–H groups in total. The van der Waals surface area contributed by atoms with Crippen LogP contribution in [-0.2, 0) is 28.9 Å². The lowest BCUT2D eigenvalue weighted by atomic mass is 9.97. The monoisotopic (exact) mass is 484 g/mol. The van der Waals surface area contributed by atoms with Gasteiger partial charge in [0.25, 0.3) is 5.56 Å². The zero-order valence-electron chi connectivity index (χ0n) is 18.8. The fourth-order valence-electron chi connectivity index (χ4n) is 4.51. The molecular formula is C24H28N4O3S2. The second-order valence-electron chi connectivity index (χ2n) is 8.32. The van der Waals surface area contributed by atoms with E-state index in [1.54, 1.807) is 15.9 Å². The molecule has 5 rings (SSSR count). The Balaban J connectivity index is 1.27. The minimum atomic E-state index is -0.110. The first-order valence-corrected chi connectivity index (χ1v) is 13.3. The van der Waals surface area contributed by atoms with E-state index in [9.17, 15) is 9.59 Å². The van der Waals surface area contributed by atoms with Gasteiger partial charge in [0.05, 0.1) is 24.4 Å². The summed E-state index contributed by atoms with van der Waals surface area (Å²) in [6, 6.07) is 7.90. The summed E-state index contributed by atoms with van der Waals surface area (Å²) in [5, 5.41) is 4.37. The number of carbonyl (C=O) groups excluding carboxylic acids is 1. The number of fused-ring (bicyclic) bond motifs is 3. The van der Waals surface area contributed by atoms with Gasteiger partial charge in [-0.1, -0.05) is 11.8 Å². The molecule has 3 aromatic rings. The molecule has 1 saturated heterocycles. The highest BCUT2D eigenvalue weighted by Gasteiger charge is 2.22. The van der Waals surface area contributed by atoms with E-state index in [1.807, 2.05) is 31.2 Å². The Morgan fingerprint density at radius 1 is 1.18 bits per heavy atom. The standard InChI is InChI=1S/C24H28N4O3S2/c1-2-28-23(30)21-18-5-3-4-6-19(18)33-22(21)26-24(28)32-15-20(29)25-16-7-9-17(10-8-16)27-11-13-31-14-12-27/h7-10H,2-6,11-15H2,1H3,(H,25,29). The van der Waals surface area contributed by atoms with Crippen molar-refractivity contribution >= 4 is 50.6 Å². The minimum Gasteiger partial charge on any atom is -0.378 e. The first-order chi connectivity index (χ1) is 16.1. The molecule has 7 nitrogen and oxygen atoms in total. The summed E-state index contributed by atoms with van der Waals surface area (Å²) in [7, 11) is 0. The number of thiophene rings is 1. The van der Waals surface area contributed by atoms with Crippen LogP contribution in [0.5, 0.6) is 0 Å². The van der Waals surface area contributed by atoms with Crippen LogP contribution in [0.3, 0.4) is 0 Å². The molecule has 1 aliphatic heterocycles. The first kappa shape index (κ1) is 22.4. The molecule has 1 amide bonds. The number of thioether (sulfide) groups is 1. The lowest BCUT2D eigenvalue weighted by Crippen LogP contribution is -2.36. The van der Waals surface area contributed by atoms with Crippen LogP contribution in [0.25, 0.3) is 10.2 Å². The molecule has 0 saturated carbocycles. The Kier molecular flexibility index (Phi) is 6.71. The Morgan fingerprint density at radius 3 is 2.70 bits per heavy atom. The van der Waals surface area contributed by atoms with Crippen LogP contribution in [0.2, 0.25) is 0 Å². The average molecular weight is 485 g/mol. The van der Waals surface area contributed by atoms with Gasteiger partial charge < -0.3 is 15.0 Å². The van der Waals surface area contributed by atoms with Gasteiger partial charge in [0.1, 0.15) is 4.83 Å². The van der Waals surface area contributed by atoms with Gasteiger partial charge in [0, 0.05) is 35.9 Å². The van der Waals surface area contributed by atoms with Crippen molar-refractivity contribution in [1.29, 1.82) is 0 Å². The van der Waals surface area contributed by atoms with E-state index in [-0.39, 0.29) is 17.2 Å². The lowest BCUT2D eigenvalue weighted by Gasteiger charge is -2.28. The zero-order chi connectivity index (χ0) is 22.8. The quantitative estimate of drug-likeness (QED) is 0.422. The number of rotatable bonds is 6. The maximum Gasteiger partial charge on any atom is 0.263 e. The average Bonchev–Trinajstić information content (AvgIpc) is 3.22. The van der Waals surface area contributed by atoms with Gasteiger partial charge in [-0.25, -0.2) is 4.98 Å². The fraction of sp³-hybridized carbons (Fsp3) is 0.458. The van der Waals surface area contributed by atoms with Crippen molar-refractivity contribution in [2.45, 2.75) is 44.3 Å². The highest BCUT2D eigenvalue weighted by atomic mass is 32.2. The smallest absolute Gasteiger partial charge is 0.263 e. The molecule has 0 atom stereocenters. The van der Waals surface area contributed by atoms with Crippen molar-refractivity contribution in [3.8, 4) is 0 Å². The summed E-state index contributed by atoms with van der Waals surface area (Å²) in [6.07, 6.45) is 4.32. The van der Waals surface area contributed by atoms with E-state index in [0.29, 0.717) is 11.7 Å². The second-order valence-corrected chi connectivity index (χ2v) is 10.3. The van der Waals surface area contributed by atoms with E-state index in [2.05, 4.69) is 10.2 Å². The lowest BCUT2D eigenvalue weighted by molar-refractivity contribution is -0.113. The molecule has 3 heterocycles. The van der Waals surface area contributed by atoms with Crippen molar-refractivity contribution in [3.63, 3.8) is 0 Å². The largest absolute Gasteiger partial charge is 0.378 e. The normalized spacial score (nSPS) is 16.1. The van der Waals surface area contributed by atoms with Crippen molar-refractivity contribution < 1.29 is 9.53 Å². The number of anilines is 2. The van der Waals surface area contributed by atoms with Crippen molar-refractivity contribution in [2.24, 2.45) is 0 Å². The summed E-state index contributed by atoms with van der Waals surface area (Å²) in [5.74, 6) is 0.0930. The topological polar surface area (TPSA) is 76.5 Å². The number of aromatic nitrogens is 2. The van der Waals surface area contributed by atoms with Gasteiger partial charge in [-0.3, -0.25) is 14.2 Å². The van der Waals surface area contributed by atoms with E-state index in [1.165, 1.54) is 28.6 Å².